The number of quaternary nitrogens is 1. The minimum atomic E-state index is -0.796. The van der Waals surface area contributed by atoms with Gasteiger partial charge in [-0.15, -0.1) is 0 Å². The van der Waals surface area contributed by atoms with Crippen LogP contribution < -0.4 is 26.2 Å². The summed E-state index contributed by atoms with van der Waals surface area (Å²) in [4.78, 5) is 17.8. The first kappa shape index (κ1) is 20.5. The quantitative estimate of drug-likeness (QED) is 0.461. The minimum absolute atomic E-state index is 0.221. The van der Waals surface area contributed by atoms with E-state index in [0.717, 1.165) is 39.5 Å². The summed E-state index contributed by atoms with van der Waals surface area (Å²) < 4.78 is 5.22. The summed E-state index contributed by atoms with van der Waals surface area (Å²) in [6.45, 7) is 0. The third-order valence-corrected chi connectivity index (χ3v) is 5.52. The fourth-order valence-electron chi connectivity index (χ4n) is 3.81. The molecular formula is C26H24N5O2+. The van der Waals surface area contributed by atoms with Gasteiger partial charge >= 0.3 is 0 Å². The molecule has 0 fully saturated rings. The lowest BCUT2D eigenvalue weighted by molar-refractivity contribution is -0.620. The second-order valence-corrected chi connectivity index (χ2v) is 7.64. The number of rotatable bonds is 5. The first-order valence-corrected chi connectivity index (χ1v) is 10.7. The molecule has 2 aliphatic heterocycles. The average molecular weight is 439 g/mol. The predicted molar refractivity (Wildman–Crippen MR) is 128 cm³/mol. The average Bonchev–Trinajstić information content (AvgIpc) is 3.01. The van der Waals surface area contributed by atoms with Crippen LogP contribution >= 0.6 is 0 Å². The predicted octanol–water partition coefficient (Wildman–Crippen LogP) is 2.36. The van der Waals surface area contributed by atoms with Crippen molar-refractivity contribution in [3.63, 3.8) is 0 Å². The van der Waals surface area contributed by atoms with Gasteiger partial charge in [0.2, 0.25) is 6.17 Å². The highest BCUT2D eigenvalue weighted by Crippen LogP contribution is 2.24. The Bertz CT molecular complexity index is 1260. The Morgan fingerprint density at radius 1 is 0.909 bits per heavy atom. The van der Waals surface area contributed by atoms with E-state index in [-0.39, 0.29) is 5.91 Å². The highest BCUT2D eigenvalue weighted by atomic mass is 16.5. The van der Waals surface area contributed by atoms with E-state index in [1.165, 1.54) is 0 Å². The van der Waals surface area contributed by atoms with Crippen molar-refractivity contribution in [2.75, 3.05) is 12.4 Å². The Morgan fingerprint density at radius 3 is 2.39 bits per heavy atom. The van der Waals surface area contributed by atoms with E-state index in [4.69, 9.17) is 9.73 Å². The van der Waals surface area contributed by atoms with Gasteiger partial charge < -0.3 is 15.4 Å². The number of anilines is 1. The maximum absolute atomic E-state index is 13.0. The highest BCUT2D eigenvalue weighted by Gasteiger charge is 2.27. The van der Waals surface area contributed by atoms with Gasteiger partial charge in [0, 0.05) is 22.8 Å². The van der Waals surface area contributed by atoms with Crippen molar-refractivity contribution in [3.8, 4) is 5.75 Å². The van der Waals surface area contributed by atoms with Crippen LogP contribution in [0.25, 0.3) is 5.70 Å². The van der Waals surface area contributed by atoms with Crippen LogP contribution in [0.4, 0.5) is 5.69 Å². The lowest BCUT2D eigenvalue weighted by atomic mass is 10.0. The number of nitrogens with zero attached hydrogens (tertiary/aromatic N) is 1. The molecule has 0 saturated heterocycles. The third-order valence-electron chi connectivity index (χ3n) is 5.52. The number of amides is 1. The number of aliphatic imine (C=N–C) groups is 1. The second-order valence-electron chi connectivity index (χ2n) is 7.64. The normalized spacial score (nSPS) is 17.3. The van der Waals surface area contributed by atoms with E-state index < -0.39 is 6.17 Å². The van der Waals surface area contributed by atoms with Crippen LogP contribution in [0.3, 0.4) is 0 Å². The number of hydrogen-bond donors (Lipinski definition) is 4. The number of fused-ring (bicyclic) bond motifs is 1. The van der Waals surface area contributed by atoms with Crippen LogP contribution in [0.15, 0.2) is 102 Å². The Hall–Kier alpha value is -4.36. The van der Waals surface area contributed by atoms with Crippen LogP contribution in [0.2, 0.25) is 0 Å². The molecule has 2 heterocycles. The molecule has 0 aromatic heterocycles. The van der Waals surface area contributed by atoms with Crippen molar-refractivity contribution in [3.05, 3.63) is 114 Å². The third kappa shape index (κ3) is 4.35. The molecule has 3 aromatic rings. The fourth-order valence-corrected chi connectivity index (χ4v) is 3.81. The molecular weight excluding hydrogens is 414 g/mol. The first-order chi connectivity index (χ1) is 16.2. The SMILES string of the molecule is COc1ccc(C2=CC=C(NC3N=C(c4ccccc4)c4ccccc4NC3=O)N[NH2+]2)cc1. The van der Waals surface area contributed by atoms with E-state index in [9.17, 15) is 4.79 Å². The van der Waals surface area contributed by atoms with Crippen LogP contribution in [-0.2, 0) is 4.79 Å². The fraction of sp³-hybridized carbons (Fsp3) is 0.0769. The van der Waals surface area contributed by atoms with Gasteiger partial charge in [-0.05, 0) is 36.4 Å². The van der Waals surface area contributed by atoms with Crippen molar-refractivity contribution in [1.29, 1.82) is 0 Å². The molecule has 1 atom stereocenters. The number of carbonyl (C=O) groups is 1. The molecule has 0 radical (unpaired) electrons. The maximum Gasteiger partial charge on any atom is 0.269 e. The summed E-state index contributed by atoms with van der Waals surface area (Å²) in [5, 5.41) is 6.23. The molecule has 5 N–H and O–H groups in total. The van der Waals surface area contributed by atoms with Crippen LogP contribution in [-0.4, -0.2) is 24.9 Å². The monoisotopic (exact) mass is 438 g/mol. The van der Waals surface area contributed by atoms with Gasteiger partial charge in [0.15, 0.2) is 5.70 Å². The van der Waals surface area contributed by atoms with Crippen molar-refractivity contribution in [2.45, 2.75) is 6.17 Å². The number of benzene rings is 3. The molecule has 7 nitrogen and oxygen atoms in total. The summed E-state index contributed by atoms with van der Waals surface area (Å²) in [7, 11) is 1.65. The van der Waals surface area contributed by atoms with Crippen LogP contribution in [0.5, 0.6) is 5.75 Å². The van der Waals surface area contributed by atoms with Crippen LogP contribution in [0.1, 0.15) is 16.7 Å². The molecule has 1 amide bonds. The standard InChI is InChI=1S/C26H23N5O2/c1-33-19-13-11-17(12-14-19)21-15-16-23(31-30-21)28-25-26(32)27-22-10-6-5-9-20(22)24(29-25)18-7-3-2-4-8-18/h2-16,25,28,30-31H,1H3,(H,27,32)/p+1. The molecule has 5 rings (SSSR count). The molecule has 2 aliphatic rings. The lowest BCUT2D eigenvalue weighted by Crippen LogP contribution is -2.91. The first-order valence-electron chi connectivity index (χ1n) is 10.7. The van der Waals surface area contributed by atoms with Crippen molar-refractivity contribution < 1.29 is 15.0 Å². The highest BCUT2D eigenvalue weighted by molar-refractivity contribution is 6.19. The number of ether oxygens (including phenoxy) is 1. The van der Waals surface area contributed by atoms with Gasteiger partial charge in [0.25, 0.3) is 5.91 Å². The Balaban J connectivity index is 1.42. The largest absolute Gasteiger partial charge is 0.497 e. The zero-order valence-electron chi connectivity index (χ0n) is 18.1. The van der Waals surface area contributed by atoms with E-state index >= 15 is 0 Å². The minimum Gasteiger partial charge on any atom is -0.497 e. The van der Waals surface area contributed by atoms with E-state index in [1.54, 1.807) is 7.11 Å². The zero-order chi connectivity index (χ0) is 22.6. The van der Waals surface area contributed by atoms with Gasteiger partial charge in [0.05, 0.1) is 18.5 Å². The number of benzodiazepines with no additional fused rings is 1. The number of nitrogens with two attached hydrogens (primary N) is 1. The summed E-state index contributed by atoms with van der Waals surface area (Å²) in [5.74, 6) is 1.28. The van der Waals surface area contributed by atoms with Crippen molar-refractivity contribution in [2.24, 2.45) is 4.99 Å². The number of para-hydroxylation sites is 1. The van der Waals surface area contributed by atoms with Crippen LogP contribution in [0, 0.1) is 0 Å². The van der Waals surface area contributed by atoms with Gasteiger partial charge in [-0.1, -0.05) is 48.5 Å². The smallest absolute Gasteiger partial charge is 0.269 e. The van der Waals surface area contributed by atoms with E-state index in [2.05, 4.69) is 16.1 Å². The topological polar surface area (TPSA) is 91.4 Å². The van der Waals surface area contributed by atoms with E-state index in [0.29, 0.717) is 5.82 Å². The second kappa shape index (κ2) is 9.02. The summed E-state index contributed by atoms with van der Waals surface area (Å²) in [6, 6.07) is 25.5. The molecule has 1 unspecified atom stereocenters. The summed E-state index contributed by atoms with van der Waals surface area (Å²) >= 11 is 0. The van der Waals surface area contributed by atoms with Gasteiger partial charge in [-0.25, -0.2) is 15.8 Å². The molecule has 7 heteroatoms. The number of nitrogens with one attached hydrogen (secondary N) is 3. The van der Waals surface area contributed by atoms with E-state index in [1.807, 2.05) is 96.4 Å². The zero-order valence-corrected chi connectivity index (χ0v) is 18.1. The van der Waals surface area contributed by atoms with Crippen molar-refractivity contribution >= 4 is 23.0 Å². The lowest BCUT2D eigenvalue weighted by Gasteiger charge is -2.20. The number of methoxy groups -OCH3 is 1. The summed E-state index contributed by atoms with van der Waals surface area (Å²) in [5.41, 5.74) is 10.6. The molecule has 3 aromatic carbocycles. The van der Waals surface area contributed by atoms with Crippen molar-refractivity contribution in [1.82, 2.24) is 10.7 Å². The molecule has 33 heavy (non-hydrogen) atoms. The number of carbonyl (C=O) groups excluding carboxylic acids is 1. The molecule has 164 valence electrons. The Morgan fingerprint density at radius 2 is 1.67 bits per heavy atom. The Labute approximate surface area is 191 Å². The number of hydrogen-bond acceptors (Lipinski definition) is 5. The number of allylic oxidation sites excluding steroid dienone is 2. The van der Waals surface area contributed by atoms with Gasteiger partial charge in [-0.2, -0.15) is 0 Å². The molecule has 0 aliphatic carbocycles. The molecule has 0 spiro atoms. The maximum atomic E-state index is 13.0. The molecule has 0 bridgehead atoms. The molecule has 0 saturated carbocycles. The Kier molecular flexibility index (Phi) is 5.61. The summed E-state index contributed by atoms with van der Waals surface area (Å²) in [6.07, 6.45) is 3.10. The van der Waals surface area contributed by atoms with Gasteiger partial charge in [0.1, 0.15) is 11.6 Å². The van der Waals surface area contributed by atoms with Gasteiger partial charge in [-0.3, -0.25) is 4.79 Å².